The first kappa shape index (κ1) is 14.6. The van der Waals surface area contributed by atoms with Crippen molar-refractivity contribution in [3.8, 4) is 5.75 Å². The smallest absolute Gasteiger partial charge is 0.387 e. The van der Waals surface area contributed by atoms with Crippen LogP contribution in [-0.2, 0) is 0 Å². The summed E-state index contributed by atoms with van der Waals surface area (Å²) in [6.45, 7) is -0.811. The largest absolute Gasteiger partial charge is 0.435 e. The lowest BCUT2D eigenvalue weighted by atomic mass is 10.1. The lowest BCUT2D eigenvalue weighted by Crippen LogP contribution is -2.06. The first-order chi connectivity index (χ1) is 9.54. The van der Waals surface area contributed by atoms with E-state index in [0.29, 0.717) is 5.02 Å². The maximum absolute atomic E-state index is 12.0. The third-order valence-electron chi connectivity index (χ3n) is 2.81. The Bertz CT molecular complexity index is 560. The number of rotatable bonds is 5. The molecule has 0 fully saturated rings. The monoisotopic (exact) mass is 297 g/mol. The van der Waals surface area contributed by atoms with Crippen molar-refractivity contribution >= 4 is 17.3 Å². The normalized spacial score (nSPS) is 12.2. The number of halogens is 3. The van der Waals surface area contributed by atoms with Gasteiger partial charge in [0.25, 0.3) is 0 Å². The third kappa shape index (κ3) is 4.10. The highest BCUT2D eigenvalue weighted by molar-refractivity contribution is 6.30. The van der Waals surface area contributed by atoms with Gasteiger partial charge in [-0.2, -0.15) is 8.78 Å². The molecule has 0 aliphatic heterocycles. The fourth-order valence-corrected chi connectivity index (χ4v) is 2.04. The van der Waals surface area contributed by atoms with Gasteiger partial charge in [-0.25, -0.2) is 0 Å². The number of hydrogen-bond donors (Lipinski definition) is 1. The van der Waals surface area contributed by atoms with Crippen LogP contribution in [0.4, 0.5) is 14.5 Å². The molecule has 0 amide bonds. The molecule has 20 heavy (non-hydrogen) atoms. The van der Waals surface area contributed by atoms with Crippen molar-refractivity contribution < 1.29 is 13.5 Å². The minimum atomic E-state index is -2.81. The zero-order valence-corrected chi connectivity index (χ0v) is 11.6. The predicted octanol–water partition coefficient (Wildman–Crippen LogP) is 5.11. The van der Waals surface area contributed by atoms with E-state index in [0.717, 1.165) is 11.3 Å². The van der Waals surface area contributed by atoms with Gasteiger partial charge in [-0.05, 0) is 48.9 Å². The summed E-state index contributed by atoms with van der Waals surface area (Å²) in [5, 5.41) is 3.94. The second-order valence-electron chi connectivity index (χ2n) is 4.32. The van der Waals surface area contributed by atoms with E-state index in [1.807, 2.05) is 31.2 Å². The first-order valence-corrected chi connectivity index (χ1v) is 6.49. The van der Waals surface area contributed by atoms with E-state index in [2.05, 4.69) is 10.1 Å². The van der Waals surface area contributed by atoms with Crippen LogP contribution in [0.1, 0.15) is 18.5 Å². The zero-order valence-electron chi connectivity index (χ0n) is 10.8. The lowest BCUT2D eigenvalue weighted by Gasteiger charge is -2.16. The molecule has 0 saturated carbocycles. The summed E-state index contributed by atoms with van der Waals surface area (Å²) in [6.07, 6.45) is 0. The second-order valence-corrected chi connectivity index (χ2v) is 4.76. The van der Waals surface area contributed by atoms with Crippen LogP contribution >= 0.6 is 11.6 Å². The molecule has 5 heteroatoms. The zero-order chi connectivity index (χ0) is 14.5. The second kappa shape index (κ2) is 6.57. The number of alkyl halides is 2. The van der Waals surface area contributed by atoms with Crippen LogP contribution in [0.2, 0.25) is 5.02 Å². The van der Waals surface area contributed by atoms with Crippen molar-refractivity contribution in [2.45, 2.75) is 19.6 Å². The Kier molecular flexibility index (Phi) is 4.79. The Morgan fingerprint density at radius 3 is 2.40 bits per heavy atom. The minimum Gasteiger partial charge on any atom is -0.435 e. The van der Waals surface area contributed by atoms with E-state index >= 15 is 0 Å². The van der Waals surface area contributed by atoms with Gasteiger partial charge in [-0.15, -0.1) is 0 Å². The summed E-state index contributed by atoms with van der Waals surface area (Å²) in [5.41, 5.74) is 1.87. The van der Waals surface area contributed by atoms with Crippen molar-refractivity contribution in [2.75, 3.05) is 5.32 Å². The molecule has 0 radical (unpaired) electrons. The lowest BCUT2D eigenvalue weighted by molar-refractivity contribution is -0.0498. The highest BCUT2D eigenvalue weighted by Gasteiger charge is 2.07. The topological polar surface area (TPSA) is 21.3 Å². The molecular formula is C15H14ClF2NO. The molecule has 2 aromatic carbocycles. The Balaban J connectivity index is 2.02. The van der Waals surface area contributed by atoms with Gasteiger partial charge in [0.2, 0.25) is 0 Å². The standard InChI is InChI=1S/C15H14ClF2NO/c1-10(11-3-2-4-12(16)9-11)19-13-5-7-14(8-6-13)20-15(17)18/h2-10,15,19H,1H3. The molecule has 2 aromatic rings. The number of ether oxygens (including phenoxy) is 1. The molecule has 0 aliphatic carbocycles. The number of benzene rings is 2. The van der Waals surface area contributed by atoms with Gasteiger partial charge < -0.3 is 10.1 Å². The van der Waals surface area contributed by atoms with E-state index < -0.39 is 6.61 Å². The van der Waals surface area contributed by atoms with Crippen LogP contribution in [0.15, 0.2) is 48.5 Å². The molecule has 0 aromatic heterocycles. The molecule has 0 aliphatic rings. The summed E-state index contributed by atoms with van der Waals surface area (Å²) >= 11 is 5.95. The Hall–Kier alpha value is -1.81. The van der Waals surface area contributed by atoms with Crippen LogP contribution in [0.25, 0.3) is 0 Å². The predicted molar refractivity (Wildman–Crippen MR) is 76.6 cm³/mol. The minimum absolute atomic E-state index is 0.0515. The van der Waals surface area contributed by atoms with Crippen LogP contribution in [0, 0.1) is 0 Å². The molecule has 2 rings (SSSR count). The average molecular weight is 298 g/mol. The van der Waals surface area contributed by atoms with E-state index in [9.17, 15) is 8.78 Å². The van der Waals surface area contributed by atoms with Crippen molar-refractivity contribution in [1.29, 1.82) is 0 Å². The highest BCUT2D eigenvalue weighted by Crippen LogP contribution is 2.23. The van der Waals surface area contributed by atoms with Gasteiger partial charge in [0.05, 0.1) is 0 Å². The van der Waals surface area contributed by atoms with Crippen molar-refractivity contribution in [3.63, 3.8) is 0 Å². The van der Waals surface area contributed by atoms with Gasteiger partial charge in [0.1, 0.15) is 5.75 Å². The molecule has 0 bridgehead atoms. The van der Waals surface area contributed by atoms with Gasteiger partial charge in [-0.1, -0.05) is 23.7 Å². The molecule has 0 heterocycles. The quantitative estimate of drug-likeness (QED) is 0.827. The maximum Gasteiger partial charge on any atom is 0.387 e. The summed E-state index contributed by atoms with van der Waals surface area (Å²) in [6, 6.07) is 14.0. The molecule has 1 atom stereocenters. The first-order valence-electron chi connectivity index (χ1n) is 6.11. The Labute approximate surface area is 121 Å². The van der Waals surface area contributed by atoms with Crippen molar-refractivity contribution in [3.05, 3.63) is 59.1 Å². The molecule has 106 valence electrons. The molecule has 1 N–H and O–H groups in total. The van der Waals surface area contributed by atoms with Crippen LogP contribution in [0.3, 0.4) is 0 Å². The van der Waals surface area contributed by atoms with E-state index in [1.165, 1.54) is 12.1 Å². The fraction of sp³-hybridized carbons (Fsp3) is 0.200. The molecule has 1 unspecified atom stereocenters. The Morgan fingerprint density at radius 2 is 1.80 bits per heavy atom. The molecule has 0 saturated heterocycles. The summed E-state index contributed by atoms with van der Waals surface area (Å²) in [4.78, 5) is 0. The van der Waals surface area contributed by atoms with Crippen LogP contribution in [0.5, 0.6) is 5.75 Å². The molecule has 2 nitrogen and oxygen atoms in total. The van der Waals surface area contributed by atoms with Crippen LogP contribution < -0.4 is 10.1 Å². The fourth-order valence-electron chi connectivity index (χ4n) is 1.84. The van der Waals surface area contributed by atoms with Gasteiger partial charge >= 0.3 is 6.61 Å². The summed E-state index contributed by atoms with van der Waals surface area (Å²) < 4.78 is 28.4. The van der Waals surface area contributed by atoms with Crippen LogP contribution in [-0.4, -0.2) is 6.61 Å². The summed E-state index contributed by atoms with van der Waals surface area (Å²) in [7, 11) is 0. The van der Waals surface area contributed by atoms with E-state index in [1.54, 1.807) is 12.1 Å². The van der Waals surface area contributed by atoms with Crippen molar-refractivity contribution in [2.24, 2.45) is 0 Å². The number of hydrogen-bond acceptors (Lipinski definition) is 2. The van der Waals surface area contributed by atoms with Gasteiger partial charge in [0, 0.05) is 16.8 Å². The third-order valence-corrected chi connectivity index (χ3v) is 3.05. The SMILES string of the molecule is CC(Nc1ccc(OC(F)F)cc1)c1cccc(Cl)c1. The summed E-state index contributed by atoms with van der Waals surface area (Å²) in [5.74, 6) is 0.140. The number of nitrogens with one attached hydrogen (secondary N) is 1. The maximum atomic E-state index is 12.0. The van der Waals surface area contributed by atoms with Gasteiger partial charge in [0.15, 0.2) is 0 Å². The number of anilines is 1. The van der Waals surface area contributed by atoms with Crippen molar-refractivity contribution in [1.82, 2.24) is 0 Å². The highest BCUT2D eigenvalue weighted by atomic mass is 35.5. The molecule has 0 spiro atoms. The van der Waals surface area contributed by atoms with E-state index in [-0.39, 0.29) is 11.8 Å². The molecular weight excluding hydrogens is 284 g/mol. The Morgan fingerprint density at radius 1 is 1.10 bits per heavy atom. The van der Waals surface area contributed by atoms with E-state index in [4.69, 9.17) is 11.6 Å². The van der Waals surface area contributed by atoms with Gasteiger partial charge in [-0.3, -0.25) is 0 Å². The average Bonchev–Trinajstić information content (AvgIpc) is 2.40.